The van der Waals surface area contributed by atoms with Crippen molar-refractivity contribution in [1.29, 1.82) is 0 Å². The zero-order chi connectivity index (χ0) is 22.2. The van der Waals surface area contributed by atoms with Crippen molar-refractivity contribution < 1.29 is 9.59 Å². The maximum Gasteiger partial charge on any atom is 0.327 e. The molecule has 1 spiro atoms. The molecule has 31 heavy (non-hydrogen) atoms. The largest absolute Gasteiger partial charge is 0.327 e. The van der Waals surface area contributed by atoms with Gasteiger partial charge in [-0.25, -0.2) is 4.79 Å². The van der Waals surface area contributed by atoms with Crippen LogP contribution in [0.1, 0.15) is 64.9 Å². The molecule has 0 bridgehead atoms. The van der Waals surface area contributed by atoms with Crippen LogP contribution in [0.3, 0.4) is 0 Å². The van der Waals surface area contributed by atoms with E-state index < -0.39 is 5.54 Å². The molecule has 2 fully saturated rings. The smallest absolute Gasteiger partial charge is 0.312 e. The number of urea groups is 1. The minimum Gasteiger partial charge on any atom is -0.312 e. The SMILES string of the molecule is CC1=C(CCN2CCC3(CC2)C(=O)N(Cc2ccccc2)C(=O)N3C)C(C)(C)CCC1. The zero-order valence-corrected chi connectivity index (χ0v) is 19.6. The highest BCUT2D eigenvalue weighted by Gasteiger charge is 2.56. The monoisotopic (exact) mass is 423 g/mol. The molecule has 2 heterocycles. The summed E-state index contributed by atoms with van der Waals surface area (Å²) < 4.78 is 0. The van der Waals surface area contributed by atoms with Crippen molar-refractivity contribution in [2.75, 3.05) is 26.7 Å². The minimum absolute atomic E-state index is 0.0181. The number of carbonyl (C=O) groups excluding carboxylic acids is 2. The van der Waals surface area contributed by atoms with E-state index in [9.17, 15) is 9.59 Å². The highest BCUT2D eigenvalue weighted by Crippen LogP contribution is 2.42. The van der Waals surface area contributed by atoms with Crippen LogP contribution in [0.25, 0.3) is 0 Å². The van der Waals surface area contributed by atoms with Crippen LogP contribution in [0.4, 0.5) is 4.79 Å². The van der Waals surface area contributed by atoms with Gasteiger partial charge in [0, 0.05) is 26.7 Å². The van der Waals surface area contributed by atoms with Gasteiger partial charge >= 0.3 is 6.03 Å². The van der Waals surface area contributed by atoms with Crippen LogP contribution in [-0.2, 0) is 11.3 Å². The van der Waals surface area contributed by atoms with E-state index in [0.717, 1.165) is 44.5 Å². The lowest BCUT2D eigenvalue weighted by Gasteiger charge is -2.42. The van der Waals surface area contributed by atoms with E-state index in [0.29, 0.717) is 12.0 Å². The lowest BCUT2D eigenvalue weighted by molar-refractivity contribution is -0.135. The molecule has 0 aromatic heterocycles. The molecule has 4 rings (SSSR count). The fraction of sp³-hybridized carbons (Fsp3) is 0.615. The molecule has 2 saturated heterocycles. The molecule has 0 unspecified atom stereocenters. The Balaban J connectivity index is 1.39. The van der Waals surface area contributed by atoms with Gasteiger partial charge in [-0.15, -0.1) is 0 Å². The van der Waals surface area contributed by atoms with Crippen LogP contribution in [0.15, 0.2) is 41.5 Å². The second-order valence-corrected chi connectivity index (χ2v) is 10.3. The first-order valence-corrected chi connectivity index (χ1v) is 11.8. The molecule has 5 heteroatoms. The third kappa shape index (κ3) is 4.05. The summed E-state index contributed by atoms with van der Waals surface area (Å²) >= 11 is 0. The van der Waals surface area contributed by atoms with Crippen molar-refractivity contribution in [3.05, 3.63) is 47.0 Å². The van der Waals surface area contributed by atoms with Crippen molar-refractivity contribution >= 4 is 11.9 Å². The number of likely N-dealkylation sites (tertiary alicyclic amines) is 1. The van der Waals surface area contributed by atoms with Gasteiger partial charge < -0.3 is 9.80 Å². The number of rotatable bonds is 5. The number of benzene rings is 1. The Morgan fingerprint density at radius 3 is 2.32 bits per heavy atom. The summed E-state index contributed by atoms with van der Waals surface area (Å²) in [6, 6.07) is 9.63. The van der Waals surface area contributed by atoms with Crippen LogP contribution in [0.2, 0.25) is 0 Å². The van der Waals surface area contributed by atoms with Crippen LogP contribution in [0.5, 0.6) is 0 Å². The first-order chi connectivity index (χ1) is 14.7. The topological polar surface area (TPSA) is 43.9 Å². The Hall–Kier alpha value is -2.14. The van der Waals surface area contributed by atoms with Gasteiger partial charge in [-0.1, -0.05) is 55.3 Å². The van der Waals surface area contributed by atoms with Crippen molar-refractivity contribution in [2.45, 2.75) is 71.4 Å². The third-order valence-electron chi connectivity index (χ3n) is 8.03. The van der Waals surface area contributed by atoms with Crippen molar-refractivity contribution in [2.24, 2.45) is 5.41 Å². The Bertz CT molecular complexity index is 866. The van der Waals surface area contributed by atoms with Gasteiger partial charge in [0.15, 0.2) is 0 Å². The molecule has 1 aromatic carbocycles. The van der Waals surface area contributed by atoms with Crippen LogP contribution < -0.4 is 0 Å². The van der Waals surface area contributed by atoms with Gasteiger partial charge in [0.1, 0.15) is 5.54 Å². The average Bonchev–Trinajstić information content (AvgIpc) is 2.91. The predicted octanol–water partition coefficient (Wildman–Crippen LogP) is 4.83. The molecule has 0 radical (unpaired) electrons. The van der Waals surface area contributed by atoms with Gasteiger partial charge in [0.25, 0.3) is 5.91 Å². The summed E-state index contributed by atoms with van der Waals surface area (Å²) in [4.78, 5) is 32.0. The Morgan fingerprint density at radius 2 is 1.68 bits per heavy atom. The maximum absolute atomic E-state index is 13.4. The first-order valence-electron chi connectivity index (χ1n) is 11.8. The number of carbonyl (C=O) groups is 2. The molecule has 0 atom stereocenters. The number of likely N-dealkylation sites (N-methyl/N-ethyl adjacent to an activating group) is 1. The fourth-order valence-corrected chi connectivity index (χ4v) is 5.94. The maximum atomic E-state index is 13.4. The van der Waals surface area contributed by atoms with E-state index in [1.807, 2.05) is 30.3 Å². The average molecular weight is 424 g/mol. The normalized spacial score (nSPS) is 23.9. The molecule has 0 saturated carbocycles. The van der Waals surface area contributed by atoms with Gasteiger partial charge in [0.05, 0.1) is 6.54 Å². The Morgan fingerprint density at radius 1 is 1.00 bits per heavy atom. The van der Waals surface area contributed by atoms with Crippen molar-refractivity contribution in [1.82, 2.24) is 14.7 Å². The molecular weight excluding hydrogens is 386 g/mol. The van der Waals surface area contributed by atoms with E-state index in [2.05, 4.69) is 25.7 Å². The number of imide groups is 1. The fourth-order valence-electron chi connectivity index (χ4n) is 5.94. The summed E-state index contributed by atoms with van der Waals surface area (Å²) in [5.41, 5.74) is 3.85. The lowest BCUT2D eigenvalue weighted by atomic mass is 9.71. The Kier molecular flexibility index (Phi) is 5.99. The number of piperidine rings is 1. The second-order valence-electron chi connectivity index (χ2n) is 10.3. The number of allylic oxidation sites excluding steroid dienone is 1. The van der Waals surface area contributed by atoms with Gasteiger partial charge in [-0.05, 0) is 56.4 Å². The number of amides is 3. The Labute approximate surface area is 187 Å². The third-order valence-corrected chi connectivity index (χ3v) is 8.03. The molecule has 2 aliphatic heterocycles. The summed E-state index contributed by atoms with van der Waals surface area (Å²) in [7, 11) is 1.81. The molecule has 1 aliphatic carbocycles. The first kappa shape index (κ1) is 22.1. The lowest BCUT2D eigenvalue weighted by Crippen LogP contribution is -2.55. The predicted molar refractivity (Wildman–Crippen MR) is 124 cm³/mol. The molecule has 3 aliphatic rings. The highest BCUT2D eigenvalue weighted by atomic mass is 16.2. The van der Waals surface area contributed by atoms with Crippen molar-refractivity contribution in [3.8, 4) is 0 Å². The quantitative estimate of drug-likeness (QED) is 0.503. The summed E-state index contributed by atoms with van der Waals surface area (Å²) in [6.07, 6.45) is 6.38. The van der Waals surface area contributed by atoms with E-state index in [1.54, 1.807) is 23.1 Å². The summed E-state index contributed by atoms with van der Waals surface area (Å²) in [6.45, 7) is 10.2. The molecular formula is C26H37N3O2. The van der Waals surface area contributed by atoms with Gasteiger partial charge in [-0.2, -0.15) is 0 Å². The number of nitrogens with zero attached hydrogens (tertiary/aromatic N) is 3. The van der Waals surface area contributed by atoms with Crippen molar-refractivity contribution in [3.63, 3.8) is 0 Å². The van der Waals surface area contributed by atoms with E-state index >= 15 is 0 Å². The number of hydrogen-bond acceptors (Lipinski definition) is 3. The van der Waals surface area contributed by atoms with Gasteiger partial charge in [-0.3, -0.25) is 9.69 Å². The number of hydrogen-bond donors (Lipinski definition) is 0. The molecule has 5 nitrogen and oxygen atoms in total. The highest BCUT2D eigenvalue weighted by molar-refractivity contribution is 6.06. The summed E-state index contributed by atoms with van der Waals surface area (Å²) in [5, 5.41) is 0. The molecule has 0 N–H and O–H groups in total. The second kappa shape index (κ2) is 8.42. The standard InChI is InChI=1S/C26H37N3O2/c1-20-9-8-13-25(2,3)22(20)12-16-28-17-14-26(15-18-28)23(30)29(24(31)27(26)4)19-21-10-6-5-7-11-21/h5-7,10-11H,8-9,12-19H2,1-4H3. The van der Waals surface area contributed by atoms with E-state index in [1.165, 1.54) is 24.2 Å². The van der Waals surface area contributed by atoms with Crippen LogP contribution >= 0.6 is 0 Å². The van der Waals surface area contributed by atoms with Gasteiger partial charge in [0.2, 0.25) is 0 Å². The van der Waals surface area contributed by atoms with Crippen LogP contribution in [-0.4, -0.2) is 58.9 Å². The molecule has 3 amide bonds. The van der Waals surface area contributed by atoms with Crippen LogP contribution in [0, 0.1) is 5.41 Å². The molecule has 168 valence electrons. The zero-order valence-electron chi connectivity index (χ0n) is 19.6. The van der Waals surface area contributed by atoms with E-state index in [4.69, 9.17) is 0 Å². The summed E-state index contributed by atoms with van der Waals surface area (Å²) in [5.74, 6) is -0.0181. The minimum atomic E-state index is -0.665. The van der Waals surface area contributed by atoms with E-state index in [-0.39, 0.29) is 11.9 Å². The molecule has 1 aromatic rings.